The van der Waals surface area contributed by atoms with Gasteiger partial charge in [-0.2, -0.15) is 0 Å². The standard InChI is InChI=1S/C14H12N2O4.C11H24O2.C6H5FO/c1-2-14(18)15(9-17)12-7-8-13(16(19)20)11-6-4-3-5-10(11)12;1-6-8-13-11(5,9(3)4)10(12)7-2;7-5-1-3-6(8)4-2-5/h3-9H,2H2,1H3;9-10,12H,6-8H2,1-5H3;1-4,8H. The van der Waals surface area contributed by atoms with E-state index < -0.39 is 4.92 Å². The highest BCUT2D eigenvalue weighted by atomic mass is 19.1. The highest BCUT2D eigenvalue weighted by molar-refractivity contribution is 6.14. The number of phenols is 1. The summed E-state index contributed by atoms with van der Waals surface area (Å²) in [6.07, 6.45) is 1.99. The molecule has 41 heavy (non-hydrogen) atoms. The normalized spacial score (nSPS) is 12.7. The summed E-state index contributed by atoms with van der Waals surface area (Å²) in [5.74, 6) is -0.262. The fraction of sp³-hybridized carbons (Fsp3) is 0.419. The molecule has 0 aromatic heterocycles. The molecule has 0 bridgehead atoms. The monoisotopic (exact) mass is 572 g/mol. The fourth-order valence-electron chi connectivity index (χ4n) is 3.87. The van der Waals surface area contributed by atoms with Crippen molar-refractivity contribution in [1.29, 1.82) is 0 Å². The molecule has 9 nitrogen and oxygen atoms in total. The number of anilines is 1. The number of nitrogens with zero attached hydrogens (tertiary/aromatic N) is 2. The maximum absolute atomic E-state index is 12.0. The summed E-state index contributed by atoms with van der Waals surface area (Å²) in [6.45, 7) is 12.6. The van der Waals surface area contributed by atoms with Crippen LogP contribution in [0.1, 0.15) is 60.8 Å². The van der Waals surface area contributed by atoms with Crippen LogP contribution < -0.4 is 4.90 Å². The highest BCUT2D eigenvalue weighted by Crippen LogP contribution is 2.33. The Morgan fingerprint density at radius 1 is 1.07 bits per heavy atom. The van der Waals surface area contributed by atoms with Gasteiger partial charge in [0.05, 0.1) is 27.7 Å². The van der Waals surface area contributed by atoms with Gasteiger partial charge in [0.1, 0.15) is 11.6 Å². The summed E-state index contributed by atoms with van der Waals surface area (Å²) >= 11 is 0. The maximum Gasteiger partial charge on any atom is 0.277 e. The van der Waals surface area contributed by atoms with E-state index >= 15 is 0 Å². The first-order valence-corrected chi connectivity index (χ1v) is 13.6. The quantitative estimate of drug-likeness (QED) is 0.156. The zero-order chi connectivity index (χ0) is 31.2. The molecule has 0 heterocycles. The van der Waals surface area contributed by atoms with Crippen LogP contribution in [0.4, 0.5) is 15.8 Å². The lowest BCUT2D eigenvalue weighted by Gasteiger charge is -2.37. The Bertz CT molecular complexity index is 1250. The van der Waals surface area contributed by atoms with Crippen molar-refractivity contribution in [1.82, 2.24) is 0 Å². The summed E-state index contributed by atoms with van der Waals surface area (Å²) in [5.41, 5.74) is -0.0858. The number of aliphatic hydroxyl groups is 1. The van der Waals surface area contributed by atoms with Gasteiger partial charge in [0, 0.05) is 24.5 Å². The average molecular weight is 573 g/mol. The number of hydrogen-bond donors (Lipinski definition) is 2. The third-order valence-corrected chi connectivity index (χ3v) is 6.65. The molecule has 0 spiro atoms. The first kappa shape index (κ1) is 35.1. The number of aromatic hydroxyl groups is 1. The third-order valence-electron chi connectivity index (χ3n) is 6.65. The van der Waals surface area contributed by atoms with Crippen LogP contribution in [0.2, 0.25) is 0 Å². The average Bonchev–Trinajstić information content (AvgIpc) is 2.97. The number of non-ortho nitro benzene ring substituents is 1. The Morgan fingerprint density at radius 2 is 1.66 bits per heavy atom. The van der Waals surface area contributed by atoms with Gasteiger partial charge in [-0.25, -0.2) is 4.39 Å². The first-order valence-electron chi connectivity index (χ1n) is 13.6. The molecule has 0 aliphatic rings. The van der Waals surface area contributed by atoms with E-state index in [1.807, 2.05) is 13.8 Å². The molecule has 0 fully saturated rings. The van der Waals surface area contributed by atoms with Crippen molar-refractivity contribution in [2.24, 2.45) is 5.92 Å². The molecular weight excluding hydrogens is 531 g/mol. The fourth-order valence-corrected chi connectivity index (χ4v) is 3.87. The lowest BCUT2D eigenvalue weighted by molar-refractivity contribution is -0.383. The van der Waals surface area contributed by atoms with E-state index in [0.29, 0.717) is 28.8 Å². The van der Waals surface area contributed by atoms with E-state index in [9.17, 15) is 29.2 Å². The second-order valence-corrected chi connectivity index (χ2v) is 9.72. The van der Waals surface area contributed by atoms with Gasteiger partial charge in [-0.15, -0.1) is 0 Å². The van der Waals surface area contributed by atoms with E-state index in [2.05, 4.69) is 20.8 Å². The number of phenolic OH excluding ortho intramolecular Hbond substituents is 1. The van der Waals surface area contributed by atoms with E-state index in [-0.39, 0.29) is 41.3 Å². The lowest BCUT2D eigenvalue weighted by atomic mass is 9.85. The molecule has 0 aliphatic heterocycles. The Kier molecular flexibility index (Phi) is 14.6. The highest BCUT2D eigenvalue weighted by Gasteiger charge is 2.35. The number of fused-ring (bicyclic) bond motifs is 1. The molecule has 3 rings (SSSR count). The summed E-state index contributed by atoms with van der Waals surface area (Å²) in [4.78, 5) is 34.4. The minimum absolute atomic E-state index is 0.0563. The molecule has 2 amide bonds. The lowest BCUT2D eigenvalue weighted by Crippen LogP contribution is -2.46. The van der Waals surface area contributed by atoms with Gasteiger partial charge in [0.15, 0.2) is 0 Å². The number of halogens is 1. The SMILES string of the molecule is CCC(=O)N(C=O)c1ccc([N+](=O)[O-])c2ccccc12.CCCOC(C)(C(C)C)C(O)CC.Oc1ccc(F)cc1. The molecule has 3 aromatic rings. The number of nitro groups is 1. The van der Waals surface area contributed by atoms with Crippen LogP contribution in [0, 0.1) is 21.8 Å². The van der Waals surface area contributed by atoms with E-state index in [0.717, 1.165) is 24.3 Å². The summed E-state index contributed by atoms with van der Waals surface area (Å²) in [6, 6.07) is 14.4. The Labute approximate surface area is 240 Å². The van der Waals surface area contributed by atoms with E-state index in [1.165, 1.54) is 36.4 Å². The van der Waals surface area contributed by atoms with Crippen molar-refractivity contribution in [3.05, 3.63) is 76.6 Å². The molecule has 0 radical (unpaired) electrons. The molecule has 2 atom stereocenters. The first-order chi connectivity index (χ1) is 19.4. The van der Waals surface area contributed by atoms with Crippen LogP contribution in [0.3, 0.4) is 0 Å². The number of aliphatic hydroxyl groups excluding tert-OH is 1. The Balaban J connectivity index is 0.000000343. The second-order valence-electron chi connectivity index (χ2n) is 9.72. The van der Waals surface area contributed by atoms with Crippen molar-refractivity contribution >= 4 is 34.5 Å². The van der Waals surface area contributed by atoms with Crippen molar-refractivity contribution in [3.8, 4) is 5.75 Å². The molecule has 0 saturated carbocycles. The number of amides is 2. The summed E-state index contributed by atoms with van der Waals surface area (Å²) in [7, 11) is 0. The van der Waals surface area contributed by atoms with Gasteiger partial charge in [0.25, 0.3) is 5.69 Å². The molecular formula is C31H41FN2O7. The number of carbonyl (C=O) groups is 2. The van der Waals surface area contributed by atoms with Crippen molar-refractivity contribution < 1.29 is 33.9 Å². The van der Waals surface area contributed by atoms with Gasteiger partial charge < -0.3 is 14.9 Å². The molecule has 2 unspecified atom stereocenters. The van der Waals surface area contributed by atoms with Crippen LogP contribution in [0.25, 0.3) is 10.8 Å². The number of rotatable bonds is 10. The van der Waals surface area contributed by atoms with E-state index in [4.69, 9.17) is 9.84 Å². The number of benzene rings is 3. The van der Waals surface area contributed by atoms with Crippen molar-refractivity contribution in [2.75, 3.05) is 11.5 Å². The predicted molar refractivity (Wildman–Crippen MR) is 158 cm³/mol. The summed E-state index contributed by atoms with van der Waals surface area (Å²) in [5, 5.41) is 30.3. The molecule has 0 aliphatic carbocycles. The van der Waals surface area contributed by atoms with Crippen molar-refractivity contribution in [2.45, 2.75) is 72.5 Å². The Hall–Kier alpha value is -3.89. The maximum atomic E-state index is 12.0. The zero-order valence-electron chi connectivity index (χ0n) is 24.5. The van der Waals surface area contributed by atoms with Crippen molar-refractivity contribution in [3.63, 3.8) is 0 Å². The minimum Gasteiger partial charge on any atom is -0.508 e. The molecule has 3 aromatic carbocycles. The smallest absolute Gasteiger partial charge is 0.277 e. The summed E-state index contributed by atoms with van der Waals surface area (Å²) < 4.78 is 17.7. The number of carbonyl (C=O) groups excluding carboxylic acids is 2. The van der Waals surface area contributed by atoms with Crippen LogP contribution in [0.5, 0.6) is 5.75 Å². The van der Waals surface area contributed by atoms with Crippen LogP contribution in [-0.2, 0) is 14.3 Å². The largest absolute Gasteiger partial charge is 0.508 e. The van der Waals surface area contributed by atoms with Crippen LogP contribution in [-0.4, -0.2) is 45.8 Å². The topological polar surface area (TPSA) is 130 Å². The number of ether oxygens (including phenoxy) is 1. The van der Waals surface area contributed by atoms with Gasteiger partial charge in [0.2, 0.25) is 12.3 Å². The minimum atomic E-state index is -0.487. The molecule has 0 saturated heterocycles. The third kappa shape index (κ3) is 9.91. The molecule has 10 heteroatoms. The van der Waals surface area contributed by atoms with Gasteiger partial charge in [-0.1, -0.05) is 52.8 Å². The predicted octanol–water partition coefficient (Wildman–Crippen LogP) is 6.78. The zero-order valence-corrected chi connectivity index (χ0v) is 24.5. The van der Waals surface area contributed by atoms with E-state index in [1.54, 1.807) is 31.2 Å². The number of hydrogen-bond acceptors (Lipinski definition) is 7. The van der Waals surface area contributed by atoms with Crippen LogP contribution in [0.15, 0.2) is 60.7 Å². The molecule has 224 valence electrons. The van der Waals surface area contributed by atoms with Gasteiger partial charge >= 0.3 is 0 Å². The Morgan fingerprint density at radius 3 is 2.10 bits per heavy atom. The molecule has 2 N–H and O–H groups in total. The van der Waals surface area contributed by atoms with Gasteiger partial charge in [-0.05, 0) is 62.1 Å². The second kappa shape index (κ2) is 17.0. The van der Waals surface area contributed by atoms with Gasteiger partial charge in [-0.3, -0.25) is 24.6 Å². The van der Waals surface area contributed by atoms with Crippen LogP contribution >= 0.6 is 0 Å². The number of nitro benzene ring substituents is 1. The number of imide groups is 1.